The summed E-state index contributed by atoms with van der Waals surface area (Å²) in [5.41, 5.74) is 0. The zero-order valence-electron chi connectivity index (χ0n) is 8.70. The summed E-state index contributed by atoms with van der Waals surface area (Å²) in [7, 11) is -2.71. The molecular weight excluding hydrogens is 198 g/mol. The Morgan fingerprint density at radius 3 is 2.79 bits per heavy atom. The summed E-state index contributed by atoms with van der Waals surface area (Å²) in [5, 5.41) is 3.46. The van der Waals surface area contributed by atoms with E-state index in [1.165, 1.54) is 19.3 Å². The minimum Gasteiger partial charge on any atom is -0.310 e. The van der Waals surface area contributed by atoms with Gasteiger partial charge in [0.05, 0.1) is 11.5 Å². The molecule has 0 bridgehead atoms. The lowest BCUT2D eigenvalue weighted by Crippen LogP contribution is -2.32. The van der Waals surface area contributed by atoms with Crippen molar-refractivity contribution in [2.45, 2.75) is 44.7 Å². The molecule has 14 heavy (non-hydrogen) atoms. The molecule has 0 aromatic rings. The van der Waals surface area contributed by atoms with Crippen LogP contribution in [0.1, 0.15) is 32.6 Å². The van der Waals surface area contributed by atoms with Crippen LogP contribution < -0.4 is 5.32 Å². The largest absolute Gasteiger partial charge is 0.310 e. The van der Waals surface area contributed by atoms with E-state index in [1.807, 2.05) is 0 Å². The maximum absolute atomic E-state index is 11.2. The first kappa shape index (κ1) is 10.4. The highest BCUT2D eigenvalue weighted by atomic mass is 32.2. The van der Waals surface area contributed by atoms with Crippen molar-refractivity contribution in [2.24, 2.45) is 5.92 Å². The van der Waals surface area contributed by atoms with Crippen LogP contribution in [-0.4, -0.2) is 32.0 Å². The summed E-state index contributed by atoms with van der Waals surface area (Å²) in [6.07, 6.45) is 4.60. The molecule has 0 aromatic carbocycles. The predicted molar refractivity (Wildman–Crippen MR) is 57.0 cm³/mol. The third-order valence-electron chi connectivity index (χ3n) is 3.26. The molecule has 0 aromatic heterocycles. The Balaban J connectivity index is 1.73. The summed E-state index contributed by atoms with van der Waals surface area (Å²) in [6.45, 7) is 2.20. The Morgan fingerprint density at radius 2 is 2.21 bits per heavy atom. The van der Waals surface area contributed by atoms with Crippen LogP contribution in [0.15, 0.2) is 0 Å². The van der Waals surface area contributed by atoms with Crippen LogP contribution in [0.5, 0.6) is 0 Å². The Morgan fingerprint density at radius 1 is 1.43 bits per heavy atom. The molecule has 1 saturated carbocycles. The van der Waals surface area contributed by atoms with Crippen LogP contribution in [0.25, 0.3) is 0 Å². The molecule has 82 valence electrons. The quantitative estimate of drug-likeness (QED) is 0.762. The summed E-state index contributed by atoms with van der Waals surface area (Å²) in [6, 6.07) is 0.861. The van der Waals surface area contributed by atoms with Crippen LogP contribution in [0.3, 0.4) is 0 Å². The lowest BCUT2D eigenvalue weighted by Gasteiger charge is -2.09. The Kier molecular flexibility index (Phi) is 2.84. The molecule has 0 spiro atoms. The first-order chi connectivity index (χ1) is 6.61. The van der Waals surface area contributed by atoms with Crippen LogP contribution in [0.2, 0.25) is 0 Å². The molecule has 3 atom stereocenters. The Bertz CT molecular complexity index is 299. The first-order valence-electron chi connectivity index (χ1n) is 5.57. The molecule has 1 heterocycles. The minimum atomic E-state index is -2.71. The van der Waals surface area contributed by atoms with Crippen LogP contribution in [0.4, 0.5) is 0 Å². The van der Waals surface area contributed by atoms with Gasteiger partial charge in [0.25, 0.3) is 0 Å². The molecule has 1 N–H and O–H groups in total. The maximum atomic E-state index is 11.2. The lowest BCUT2D eigenvalue weighted by atomic mass is 10.2. The van der Waals surface area contributed by atoms with Gasteiger partial charge in [-0.15, -0.1) is 0 Å². The van der Waals surface area contributed by atoms with E-state index in [2.05, 4.69) is 12.2 Å². The summed E-state index contributed by atoms with van der Waals surface area (Å²) >= 11 is 0. The summed E-state index contributed by atoms with van der Waals surface area (Å²) in [4.78, 5) is 0. The topological polar surface area (TPSA) is 46.2 Å². The van der Waals surface area contributed by atoms with Crippen molar-refractivity contribution >= 4 is 9.84 Å². The standard InChI is InChI=1S/C10H19NO2S/c1-2-3-8-6-10(8)11-9-4-5-14(12,13)7-9/h8-11H,2-7H2,1H3. The Hall–Kier alpha value is -0.0900. The Labute approximate surface area is 86.2 Å². The molecule has 0 radical (unpaired) electrons. The van der Waals surface area contributed by atoms with Crippen molar-refractivity contribution in [3.05, 3.63) is 0 Å². The zero-order chi connectivity index (χ0) is 10.2. The minimum absolute atomic E-state index is 0.242. The molecule has 3 unspecified atom stereocenters. The van der Waals surface area contributed by atoms with Gasteiger partial charge in [0.1, 0.15) is 0 Å². The second-order valence-corrected chi connectivity index (χ2v) is 6.89. The zero-order valence-corrected chi connectivity index (χ0v) is 9.52. The van der Waals surface area contributed by atoms with Crippen molar-refractivity contribution in [1.82, 2.24) is 5.32 Å². The second-order valence-electron chi connectivity index (χ2n) is 4.66. The normalized spacial score (nSPS) is 39.9. The monoisotopic (exact) mass is 217 g/mol. The van der Waals surface area contributed by atoms with E-state index in [9.17, 15) is 8.42 Å². The molecule has 1 aliphatic carbocycles. The third kappa shape index (κ3) is 2.48. The van der Waals surface area contributed by atoms with Gasteiger partial charge in [-0.05, 0) is 25.2 Å². The maximum Gasteiger partial charge on any atom is 0.151 e. The molecule has 3 nitrogen and oxygen atoms in total. The first-order valence-corrected chi connectivity index (χ1v) is 7.39. The van der Waals surface area contributed by atoms with E-state index < -0.39 is 9.84 Å². The number of hydrogen-bond acceptors (Lipinski definition) is 3. The van der Waals surface area contributed by atoms with Crippen LogP contribution >= 0.6 is 0 Å². The fraction of sp³-hybridized carbons (Fsp3) is 1.00. The fourth-order valence-electron chi connectivity index (χ4n) is 2.37. The van der Waals surface area contributed by atoms with Crippen molar-refractivity contribution in [3.8, 4) is 0 Å². The van der Waals surface area contributed by atoms with E-state index in [0.29, 0.717) is 17.5 Å². The van der Waals surface area contributed by atoms with Crippen molar-refractivity contribution in [1.29, 1.82) is 0 Å². The van der Waals surface area contributed by atoms with E-state index in [1.54, 1.807) is 0 Å². The number of nitrogens with one attached hydrogen (secondary N) is 1. The predicted octanol–water partition coefficient (Wildman–Crippen LogP) is 0.952. The number of rotatable bonds is 4. The lowest BCUT2D eigenvalue weighted by molar-refractivity contribution is 0.518. The molecule has 2 aliphatic rings. The third-order valence-corrected chi connectivity index (χ3v) is 5.03. The SMILES string of the molecule is CCCC1CC1NC1CCS(=O)(=O)C1. The van der Waals surface area contributed by atoms with E-state index in [0.717, 1.165) is 12.3 Å². The van der Waals surface area contributed by atoms with Gasteiger partial charge in [-0.2, -0.15) is 0 Å². The van der Waals surface area contributed by atoms with E-state index in [4.69, 9.17) is 0 Å². The molecule has 1 aliphatic heterocycles. The van der Waals surface area contributed by atoms with Gasteiger partial charge < -0.3 is 5.32 Å². The van der Waals surface area contributed by atoms with Crippen LogP contribution in [-0.2, 0) is 9.84 Å². The summed E-state index contributed by atoms with van der Waals surface area (Å²) in [5.74, 6) is 1.57. The average molecular weight is 217 g/mol. The van der Waals surface area contributed by atoms with Gasteiger partial charge in [-0.1, -0.05) is 13.3 Å². The smallest absolute Gasteiger partial charge is 0.151 e. The highest BCUT2D eigenvalue weighted by molar-refractivity contribution is 7.91. The number of sulfone groups is 1. The number of hydrogen-bond donors (Lipinski definition) is 1. The highest BCUT2D eigenvalue weighted by Gasteiger charge is 2.39. The average Bonchev–Trinajstić information content (AvgIpc) is 2.70. The molecule has 1 saturated heterocycles. The van der Waals surface area contributed by atoms with Gasteiger partial charge in [-0.3, -0.25) is 0 Å². The molecular formula is C10H19NO2S. The van der Waals surface area contributed by atoms with Gasteiger partial charge in [0.15, 0.2) is 9.84 Å². The molecule has 0 amide bonds. The van der Waals surface area contributed by atoms with Crippen molar-refractivity contribution in [2.75, 3.05) is 11.5 Å². The van der Waals surface area contributed by atoms with Gasteiger partial charge in [0.2, 0.25) is 0 Å². The summed E-state index contributed by atoms with van der Waals surface area (Å²) < 4.78 is 22.4. The van der Waals surface area contributed by atoms with Crippen LogP contribution in [0, 0.1) is 5.92 Å². The van der Waals surface area contributed by atoms with Gasteiger partial charge in [0, 0.05) is 12.1 Å². The second kappa shape index (κ2) is 3.81. The van der Waals surface area contributed by atoms with E-state index in [-0.39, 0.29) is 6.04 Å². The highest BCUT2D eigenvalue weighted by Crippen LogP contribution is 2.35. The molecule has 4 heteroatoms. The van der Waals surface area contributed by atoms with Crippen molar-refractivity contribution in [3.63, 3.8) is 0 Å². The fourth-order valence-corrected chi connectivity index (χ4v) is 4.06. The van der Waals surface area contributed by atoms with Crippen molar-refractivity contribution < 1.29 is 8.42 Å². The van der Waals surface area contributed by atoms with Gasteiger partial charge in [-0.25, -0.2) is 8.42 Å². The molecule has 2 fully saturated rings. The molecule has 2 rings (SSSR count). The van der Waals surface area contributed by atoms with E-state index >= 15 is 0 Å². The van der Waals surface area contributed by atoms with Gasteiger partial charge >= 0.3 is 0 Å².